The third-order valence-electron chi connectivity index (χ3n) is 3.23. The van der Waals surface area contributed by atoms with Gasteiger partial charge in [-0.1, -0.05) is 45.4 Å². The van der Waals surface area contributed by atoms with Gasteiger partial charge < -0.3 is 4.55 Å². The summed E-state index contributed by atoms with van der Waals surface area (Å²) in [6.07, 6.45) is 2.01. The van der Waals surface area contributed by atoms with Crippen molar-refractivity contribution in [3.8, 4) is 0 Å². The minimum absolute atomic E-state index is 0. The summed E-state index contributed by atoms with van der Waals surface area (Å²) in [6.45, 7) is 1.97. The Morgan fingerprint density at radius 1 is 0.826 bits per heavy atom. The van der Waals surface area contributed by atoms with Gasteiger partial charge in [-0.2, -0.15) is 26.3 Å². The fourth-order valence-corrected chi connectivity index (χ4v) is 2.29. The molecule has 0 N–H and O–H groups in total. The molecule has 0 bridgehead atoms. The first-order chi connectivity index (χ1) is 9.81. The standard InChI is InChI=1S/C12H20F6O3S.K/c1-2-3-4-5-6-7-8-9-10(13,14)11(15,16)12(17,18)22(19,20)21;/h2-9H2,1H3,(H,19,20,21);/q;+1/p-1. The fourth-order valence-electron chi connectivity index (χ4n) is 1.83. The van der Waals surface area contributed by atoms with Crippen molar-refractivity contribution in [2.24, 2.45) is 0 Å². The normalized spacial score (nSPS) is 13.7. The van der Waals surface area contributed by atoms with E-state index in [0.29, 0.717) is 12.8 Å². The van der Waals surface area contributed by atoms with Crippen molar-refractivity contribution in [1.29, 1.82) is 0 Å². The third kappa shape index (κ3) is 7.10. The van der Waals surface area contributed by atoms with E-state index in [0.717, 1.165) is 19.3 Å². The Morgan fingerprint density at radius 2 is 1.22 bits per heavy atom. The second kappa shape index (κ2) is 10.3. The van der Waals surface area contributed by atoms with Crippen LogP contribution in [0.1, 0.15) is 58.3 Å². The predicted octanol–water partition coefficient (Wildman–Crippen LogP) is 1.54. The van der Waals surface area contributed by atoms with Gasteiger partial charge in [-0.05, 0) is 6.42 Å². The zero-order chi connectivity index (χ0) is 17.7. The van der Waals surface area contributed by atoms with Crippen molar-refractivity contribution in [1.82, 2.24) is 0 Å². The van der Waals surface area contributed by atoms with Gasteiger partial charge in [0.2, 0.25) is 0 Å². The number of unbranched alkanes of at least 4 members (excludes halogenated alkanes) is 6. The van der Waals surface area contributed by atoms with Crippen molar-refractivity contribution in [3.05, 3.63) is 0 Å². The molecule has 0 spiro atoms. The zero-order valence-electron chi connectivity index (χ0n) is 13.1. The van der Waals surface area contributed by atoms with E-state index in [4.69, 9.17) is 0 Å². The quantitative estimate of drug-likeness (QED) is 0.230. The van der Waals surface area contributed by atoms with Crippen LogP contribution in [0.5, 0.6) is 0 Å². The largest absolute Gasteiger partial charge is 1.00 e. The molecule has 0 aliphatic heterocycles. The molecule has 0 saturated carbocycles. The minimum atomic E-state index is -6.90. The van der Waals surface area contributed by atoms with Gasteiger partial charge in [-0.3, -0.25) is 0 Å². The van der Waals surface area contributed by atoms with Crippen LogP contribution in [0.25, 0.3) is 0 Å². The summed E-state index contributed by atoms with van der Waals surface area (Å²) in [7, 11) is -6.90. The molecule has 0 amide bonds. The summed E-state index contributed by atoms with van der Waals surface area (Å²) in [5, 5.41) is -6.36. The van der Waals surface area contributed by atoms with Crippen molar-refractivity contribution in [2.45, 2.75) is 75.4 Å². The summed E-state index contributed by atoms with van der Waals surface area (Å²) in [5.41, 5.74) is 0. The van der Waals surface area contributed by atoms with Gasteiger partial charge in [-0.15, -0.1) is 0 Å². The van der Waals surface area contributed by atoms with E-state index in [1.165, 1.54) is 0 Å². The van der Waals surface area contributed by atoms with E-state index in [-0.39, 0.29) is 57.8 Å². The molecule has 11 heteroatoms. The molecule has 0 aromatic rings. The molecule has 0 unspecified atom stereocenters. The van der Waals surface area contributed by atoms with Crippen LogP contribution in [0, 0.1) is 0 Å². The minimum Gasteiger partial charge on any atom is -0.743 e. The summed E-state index contributed by atoms with van der Waals surface area (Å²) < 4.78 is 108. The van der Waals surface area contributed by atoms with E-state index in [9.17, 15) is 39.3 Å². The molecule has 0 radical (unpaired) electrons. The fraction of sp³-hybridized carbons (Fsp3) is 1.00. The Balaban J connectivity index is 0. The number of alkyl halides is 6. The van der Waals surface area contributed by atoms with Crippen LogP contribution in [0.4, 0.5) is 26.3 Å². The summed E-state index contributed by atoms with van der Waals surface area (Å²) in [5.74, 6) is -11.5. The molecule has 0 fully saturated rings. The summed E-state index contributed by atoms with van der Waals surface area (Å²) in [6, 6.07) is 0. The number of rotatable bonds is 11. The molecular formula is C12H19F6KO3S. The molecule has 3 nitrogen and oxygen atoms in total. The van der Waals surface area contributed by atoms with Crippen molar-refractivity contribution in [2.75, 3.05) is 0 Å². The number of hydrogen-bond acceptors (Lipinski definition) is 3. The first-order valence-corrected chi connectivity index (χ1v) is 8.31. The first kappa shape index (κ1) is 26.4. The second-order valence-electron chi connectivity index (χ2n) is 5.12. The molecule has 0 aliphatic carbocycles. The molecule has 0 saturated heterocycles. The van der Waals surface area contributed by atoms with Gasteiger partial charge in [0.1, 0.15) is 0 Å². The number of halogens is 6. The van der Waals surface area contributed by atoms with Gasteiger partial charge in [-0.25, -0.2) is 8.42 Å². The first-order valence-electron chi connectivity index (χ1n) is 6.90. The predicted molar refractivity (Wildman–Crippen MR) is 67.1 cm³/mol. The van der Waals surface area contributed by atoms with E-state index >= 15 is 0 Å². The summed E-state index contributed by atoms with van der Waals surface area (Å²) >= 11 is 0. The van der Waals surface area contributed by atoms with Crippen LogP contribution in [-0.2, 0) is 10.1 Å². The molecule has 0 heterocycles. The van der Waals surface area contributed by atoms with E-state index in [1.54, 1.807) is 0 Å². The van der Waals surface area contributed by atoms with Crippen molar-refractivity contribution >= 4 is 10.1 Å². The monoisotopic (exact) mass is 396 g/mol. The van der Waals surface area contributed by atoms with Crippen LogP contribution in [-0.4, -0.2) is 30.1 Å². The Hall–Kier alpha value is 1.13. The van der Waals surface area contributed by atoms with Gasteiger partial charge >= 0.3 is 68.5 Å². The molecule has 0 aromatic heterocycles. The number of hydrogen-bond donors (Lipinski definition) is 0. The van der Waals surface area contributed by atoms with Gasteiger partial charge in [0.05, 0.1) is 0 Å². The smallest absolute Gasteiger partial charge is 0.743 e. The SMILES string of the molecule is CCCCCCCCCC(F)(F)C(F)(F)C(F)(F)S(=O)(=O)[O-].[K+]. The molecule has 0 atom stereocenters. The Morgan fingerprint density at radius 3 is 1.61 bits per heavy atom. The maximum Gasteiger partial charge on any atom is 1.00 e. The average Bonchev–Trinajstić information content (AvgIpc) is 2.35. The topological polar surface area (TPSA) is 57.2 Å². The molecule has 0 rings (SSSR count). The van der Waals surface area contributed by atoms with E-state index in [2.05, 4.69) is 0 Å². The van der Waals surface area contributed by atoms with Crippen LogP contribution in [0.15, 0.2) is 0 Å². The molecule has 23 heavy (non-hydrogen) atoms. The Kier molecular flexibility index (Phi) is 11.8. The second-order valence-corrected chi connectivity index (χ2v) is 6.54. The van der Waals surface area contributed by atoms with Crippen LogP contribution >= 0.6 is 0 Å². The van der Waals surface area contributed by atoms with Crippen molar-refractivity contribution in [3.63, 3.8) is 0 Å². The van der Waals surface area contributed by atoms with Crippen LogP contribution < -0.4 is 51.4 Å². The van der Waals surface area contributed by atoms with Gasteiger partial charge in [0, 0.05) is 6.42 Å². The molecular weight excluding hydrogens is 377 g/mol. The maximum atomic E-state index is 13.2. The van der Waals surface area contributed by atoms with Crippen molar-refractivity contribution < 1.29 is 90.7 Å². The molecule has 0 aromatic carbocycles. The molecule has 134 valence electrons. The van der Waals surface area contributed by atoms with Gasteiger partial charge in [0.25, 0.3) is 0 Å². The Labute approximate surface area is 174 Å². The zero-order valence-corrected chi connectivity index (χ0v) is 17.0. The Bertz CT molecular complexity index is 442. The molecule has 0 aliphatic rings. The average molecular weight is 396 g/mol. The third-order valence-corrected chi connectivity index (χ3v) is 4.12. The van der Waals surface area contributed by atoms with Crippen LogP contribution in [0.3, 0.4) is 0 Å². The van der Waals surface area contributed by atoms with E-state index in [1.807, 2.05) is 6.92 Å². The van der Waals surface area contributed by atoms with E-state index < -0.39 is 40.1 Å². The summed E-state index contributed by atoms with van der Waals surface area (Å²) in [4.78, 5) is 0. The van der Waals surface area contributed by atoms with Gasteiger partial charge in [0.15, 0.2) is 10.1 Å². The maximum absolute atomic E-state index is 13.2. The van der Waals surface area contributed by atoms with Crippen LogP contribution in [0.2, 0.25) is 0 Å².